The molecule has 1 unspecified atom stereocenters. The summed E-state index contributed by atoms with van der Waals surface area (Å²) >= 11 is 0. The normalized spacial score (nSPS) is 19.3. The molecule has 0 radical (unpaired) electrons. The van der Waals surface area contributed by atoms with E-state index >= 15 is 0 Å². The van der Waals surface area contributed by atoms with Crippen LogP contribution >= 0.6 is 0 Å². The van der Waals surface area contributed by atoms with E-state index in [0.29, 0.717) is 6.42 Å². The highest BCUT2D eigenvalue weighted by Gasteiger charge is 2.19. The zero-order valence-electron chi connectivity index (χ0n) is 11.6. The van der Waals surface area contributed by atoms with Gasteiger partial charge in [-0.2, -0.15) is 5.26 Å². The Morgan fingerprint density at radius 3 is 2.79 bits per heavy atom. The third-order valence-electron chi connectivity index (χ3n) is 3.17. The maximum Gasteiger partial charge on any atom is 0.119 e. The molecule has 1 aromatic carbocycles. The Balaban J connectivity index is 1.99. The lowest BCUT2D eigenvalue weighted by Crippen LogP contribution is -2.50. The molecule has 4 heteroatoms. The van der Waals surface area contributed by atoms with Crippen LogP contribution in [0.25, 0.3) is 0 Å². The lowest BCUT2D eigenvalue weighted by Gasteiger charge is -2.34. The van der Waals surface area contributed by atoms with Gasteiger partial charge in [0.25, 0.3) is 0 Å². The average molecular weight is 259 g/mol. The lowest BCUT2D eigenvalue weighted by molar-refractivity contribution is 0.242. The van der Waals surface area contributed by atoms with Crippen molar-refractivity contribution in [1.29, 1.82) is 5.26 Å². The van der Waals surface area contributed by atoms with Gasteiger partial charge in [0.15, 0.2) is 0 Å². The summed E-state index contributed by atoms with van der Waals surface area (Å²) in [6.07, 6.45) is 0.760. The quantitative estimate of drug-likeness (QED) is 0.900. The van der Waals surface area contributed by atoms with Crippen LogP contribution in [-0.4, -0.2) is 31.8 Å². The van der Waals surface area contributed by atoms with Gasteiger partial charge in [-0.3, -0.25) is 0 Å². The van der Waals surface area contributed by atoms with Gasteiger partial charge in [-0.1, -0.05) is 0 Å². The van der Waals surface area contributed by atoms with E-state index in [2.05, 4.69) is 28.4 Å². The number of nitrogens with one attached hydrogen (secondary N) is 1. The molecule has 1 saturated heterocycles. The average Bonchev–Trinajstić information content (AvgIpc) is 2.40. The molecule has 1 N–H and O–H groups in total. The molecule has 2 rings (SSSR count). The summed E-state index contributed by atoms with van der Waals surface area (Å²) in [5.41, 5.74) is 1.19. The predicted molar refractivity (Wildman–Crippen MR) is 76.4 cm³/mol. The first-order valence-electron chi connectivity index (χ1n) is 6.81. The summed E-state index contributed by atoms with van der Waals surface area (Å²) in [5.74, 6) is 0.905. The van der Waals surface area contributed by atoms with Crippen molar-refractivity contribution in [2.75, 3.05) is 24.5 Å². The minimum absolute atomic E-state index is 0.199. The zero-order valence-corrected chi connectivity index (χ0v) is 11.6. The van der Waals surface area contributed by atoms with Crippen molar-refractivity contribution in [3.8, 4) is 11.8 Å². The topological polar surface area (TPSA) is 48.3 Å². The monoisotopic (exact) mass is 259 g/mol. The van der Waals surface area contributed by atoms with Gasteiger partial charge in [0.2, 0.25) is 0 Å². The summed E-state index contributed by atoms with van der Waals surface area (Å²) in [6, 6.07) is 10.7. The van der Waals surface area contributed by atoms with Crippen LogP contribution in [0.15, 0.2) is 24.3 Å². The third-order valence-corrected chi connectivity index (χ3v) is 3.17. The van der Waals surface area contributed by atoms with Gasteiger partial charge in [-0.05, 0) is 38.1 Å². The van der Waals surface area contributed by atoms with E-state index in [1.165, 1.54) is 5.69 Å². The Bertz CT molecular complexity index is 436. The molecule has 102 valence electrons. The molecule has 1 atom stereocenters. The highest BCUT2D eigenvalue weighted by Crippen LogP contribution is 2.21. The Morgan fingerprint density at radius 2 is 2.16 bits per heavy atom. The van der Waals surface area contributed by atoms with E-state index in [4.69, 9.17) is 10.00 Å². The molecular formula is C15H21N3O. The van der Waals surface area contributed by atoms with Crippen molar-refractivity contribution in [2.24, 2.45) is 0 Å². The summed E-state index contributed by atoms with van der Waals surface area (Å²) < 4.78 is 5.64. The second-order valence-corrected chi connectivity index (χ2v) is 5.12. The fourth-order valence-corrected chi connectivity index (χ4v) is 2.31. The van der Waals surface area contributed by atoms with Crippen LogP contribution in [0, 0.1) is 11.3 Å². The standard InChI is InChI=1S/C15H21N3O/c1-12(2)19-15-5-3-14(4-6-15)18-10-9-17-13(11-18)7-8-16/h3-6,12-13,17H,7,9-11H2,1-2H3. The molecule has 1 heterocycles. The van der Waals surface area contributed by atoms with Crippen molar-refractivity contribution in [3.63, 3.8) is 0 Å². The molecule has 0 aromatic heterocycles. The number of hydrogen-bond donors (Lipinski definition) is 1. The van der Waals surface area contributed by atoms with Gasteiger partial charge in [0.05, 0.1) is 18.6 Å². The first kappa shape index (κ1) is 13.7. The molecule has 1 fully saturated rings. The number of ether oxygens (including phenoxy) is 1. The van der Waals surface area contributed by atoms with Gasteiger partial charge in [0.1, 0.15) is 5.75 Å². The summed E-state index contributed by atoms with van der Waals surface area (Å²) in [6.45, 7) is 6.84. The van der Waals surface area contributed by atoms with Crippen LogP contribution in [0.1, 0.15) is 20.3 Å². The maximum absolute atomic E-state index is 8.77. The van der Waals surface area contributed by atoms with Crippen LogP contribution in [0.2, 0.25) is 0 Å². The predicted octanol–water partition coefficient (Wildman–Crippen LogP) is 2.17. The highest BCUT2D eigenvalue weighted by atomic mass is 16.5. The van der Waals surface area contributed by atoms with Crippen LogP contribution < -0.4 is 15.0 Å². The van der Waals surface area contributed by atoms with E-state index in [1.54, 1.807) is 0 Å². The number of hydrogen-bond acceptors (Lipinski definition) is 4. The first-order valence-corrected chi connectivity index (χ1v) is 6.81. The molecule has 0 saturated carbocycles. The van der Waals surface area contributed by atoms with E-state index in [-0.39, 0.29) is 12.1 Å². The Hall–Kier alpha value is -1.73. The van der Waals surface area contributed by atoms with Crippen LogP contribution in [0.3, 0.4) is 0 Å². The number of nitriles is 1. The largest absolute Gasteiger partial charge is 0.491 e. The van der Waals surface area contributed by atoms with Crippen molar-refractivity contribution in [3.05, 3.63) is 24.3 Å². The Labute approximate surface area is 115 Å². The van der Waals surface area contributed by atoms with Crippen LogP contribution in [0.5, 0.6) is 5.75 Å². The van der Waals surface area contributed by atoms with Gasteiger partial charge in [-0.15, -0.1) is 0 Å². The Morgan fingerprint density at radius 1 is 1.42 bits per heavy atom. The van der Waals surface area contributed by atoms with Crippen molar-refractivity contribution < 1.29 is 4.74 Å². The molecule has 1 aromatic rings. The third kappa shape index (κ3) is 3.87. The van der Waals surface area contributed by atoms with E-state index in [9.17, 15) is 0 Å². The highest BCUT2D eigenvalue weighted by molar-refractivity contribution is 5.49. The van der Waals surface area contributed by atoms with Crippen molar-refractivity contribution >= 4 is 5.69 Å². The molecule has 1 aliphatic rings. The van der Waals surface area contributed by atoms with Gasteiger partial charge < -0.3 is 15.0 Å². The van der Waals surface area contributed by atoms with Gasteiger partial charge in [-0.25, -0.2) is 0 Å². The SMILES string of the molecule is CC(C)Oc1ccc(N2CCNC(CC#N)C2)cc1. The fraction of sp³-hybridized carbons (Fsp3) is 0.533. The number of benzene rings is 1. The molecule has 0 amide bonds. The summed E-state index contributed by atoms with van der Waals surface area (Å²) in [5, 5.41) is 12.1. The molecule has 19 heavy (non-hydrogen) atoms. The van der Waals surface area contributed by atoms with Crippen molar-refractivity contribution in [1.82, 2.24) is 5.32 Å². The minimum Gasteiger partial charge on any atom is -0.491 e. The Kier molecular flexibility index (Phi) is 4.64. The first-order chi connectivity index (χ1) is 9.19. The molecular weight excluding hydrogens is 238 g/mol. The number of anilines is 1. The number of piperazine rings is 1. The summed E-state index contributed by atoms with van der Waals surface area (Å²) in [4.78, 5) is 2.32. The molecule has 1 aliphatic heterocycles. The van der Waals surface area contributed by atoms with E-state index in [0.717, 1.165) is 25.4 Å². The zero-order chi connectivity index (χ0) is 13.7. The van der Waals surface area contributed by atoms with E-state index in [1.807, 2.05) is 26.0 Å². The fourth-order valence-electron chi connectivity index (χ4n) is 2.31. The van der Waals surface area contributed by atoms with E-state index < -0.39 is 0 Å². The minimum atomic E-state index is 0.199. The maximum atomic E-state index is 8.77. The van der Waals surface area contributed by atoms with Crippen LogP contribution in [-0.2, 0) is 0 Å². The number of nitrogens with zero attached hydrogens (tertiary/aromatic N) is 2. The molecule has 0 bridgehead atoms. The smallest absolute Gasteiger partial charge is 0.119 e. The van der Waals surface area contributed by atoms with Gasteiger partial charge in [0, 0.05) is 31.4 Å². The molecule has 0 spiro atoms. The van der Waals surface area contributed by atoms with Gasteiger partial charge >= 0.3 is 0 Å². The molecule has 0 aliphatic carbocycles. The summed E-state index contributed by atoms with van der Waals surface area (Å²) in [7, 11) is 0. The lowest BCUT2D eigenvalue weighted by atomic mass is 10.1. The second-order valence-electron chi connectivity index (χ2n) is 5.12. The van der Waals surface area contributed by atoms with Crippen molar-refractivity contribution in [2.45, 2.75) is 32.4 Å². The second kappa shape index (κ2) is 6.44. The number of rotatable bonds is 4. The molecule has 4 nitrogen and oxygen atoms in total. The van der Waals surface area contributed by atoms with Crippen LogP contribution in [0.4, 0.5) is 5.69 Å².